The van der Waals surface area contributed by atoms with Crippen LogP contribution in [0.3, 0.4) is 0 Å². The molecule has 3 heteroatoms. The minimum Gasteiger partial charge on any atom is -0.314 e. The first-order valence-electron chi connectivity index (χ1n) is 6.15. The topological polar surface area (TPSA) is 35.8 Å². The molecule has 0 fully saturated rings. The number of benzene rings is 1. The Morgan fingerprint density at radius 1 is 1.17 bits per heavy atom. The van der Waals surface area contributed by atoms with Crippen molar-refractivity contribution in [1.29, 1.82) is 5.26 Å². The maximum atomic E-state index is 8.99. The molecule has 18 heavy (non-hydrogen) atoms. The number of rotatable bonds is 5. The van der Waals surface area contributed by atoms with E-state index in [1.165, 1.54) is 5.56 Å². The van der Waals surface area contributed by atoms with Crippen LogP contribution in [0.2, 0.25) is 0 Å². The molecular formula is C15H21BrN2. The number of halogens is 1. The number of hydrogen-bond acceptors (Lipinski definition) is 2. The summed E-state index contributed by atoms with van der Waals surface area (Å²) in [4.78, 5) is 0. The second-order valence-corrected chi connectivity index (χ2v) is 6.82. The monoisotopic (exact) mass is 308 g/mol. The van der Waals surface area contributed by atoms with Gasteiger partial charge in [0.05, 0.1) is 11.5 Å². The average Bonchev–Trinajstić information content (AvgIpc) is 2.29. The zero-order valence-corrected chi connectivity index (χ0v) is 13.1. The van der Waals surface area contributed by atoms with Gasteiger partial charge >= 0.3 is 0 Å². The molecule has 0 heterocycles. The van der Waals surface area contributed by atoms with Crippen molar-refractivity contribution in [2.45, 2.75) is 33.1 Å². The van der Waals surface area contributed by atoms with Crippen LogP contribution >= 0.6 is 15.9 Å². The van der Waals surface area contributed by atoms with Gasteiger partial charge in [0, 0.05) is 23.0 Å². The van der Waals surface area contributed by atoms with Gasteiger partial charge < -0.3 is 5.32 Å². The van der Waals surface area contributed by atoms with Gasteiger partial charge in [-0.2, -0.15) is 5.26 Å². The third-order valence-electron chi connectivity index (χ3n) is 3.04. The summed E-state index contributed by atoms with van der Waals surface area (Å²) in [7, 11) is 0. The van der Waals surface area contributed by atoms with Crippen molar-refractivity contribution >= 4 is 15.9 Å². The quantitative estimate of drug-likeness (QED) is 0.896. The number of nitrogens with one attached hydrogen (secondary N) is 1. The maximum absolute atomic E-state index is 8.99. The molecular weight excluding hydrogens is 288 g/mol. The van der Waals surface area contributed by atoms with Gasteiger partial charge in [-0.05, 0) is 25.5 Å². The highest BCUT2D eigenvalue weighted by molar-refractivity contribution is 9.10. The van der Waals surface area contributed by atoms with Crippen molar-refractivity contribution in [2.75, 3.05) is 13.1 Å². The Morgan fingerprint density at radius 2 is 1.78 bits per heavy atom. The summed E-state index contributed by atoms with van der Waals surface area (Å²) in [5.41, 5.74) is 1.00. The lowest BCUT2D eigenvalue weighted by atomic mass is 9.84. The van der Waals surface area contributed by atoms with E-state index >= 15 is 0 Å². The third kappa shape index (κ3) is 4.12. The van der Waals surface area contributed by atoms with Gasteiger partial charge in [0.25, 0.3) is 0 Å². The molecule has 1 rings (SSSR count). The number of nitrogens with zero attached hydrogens (tertiary/aromatic N) is 1. The van der Waals surface area contributed by atoms with Crippen LogP contribution in [0.4, 0.5) is 0 Å². The normalized spacial score (nSPS) is 12.2. The van der Waals surface area contributed by atoms with Crippen molar-refractivity contribution in [3.63, 3.8) is 0 Å². The zero-order valence-electron chi connectivity index (χ0n) is 11.5. The molecule has 0 unspecified atom stereocenters. The van der Waals surface area contributed by atoms with E-state index in [-0.39, 0.29) is 10.8 Å². The molecule has 0 atom stereocenters. The minimum atomic E-state index is -0.315. The van der Waals surface area contributed by atoms with Gasteiger partial charge in [0.2, 0.25) is 0 Å². The lowest BCUT2D eigenvalue weighted by Crippen LogP contribution is -2.37. The summed E-state index contributed by atoms with van der Waals surface area (Å²) in [6.07, 6.45) is 0. The van der Waals surface area contributed by atoms with Crippen molar-refractivity contribution < 1.29 is 0 Å². The van der Waals surface area contributed by atoms with Crippen LogP contribution in [0.15, 0.2) is 28.7 Å². The lowest BCUT2D eigenvalue weighted by molar-refractivity contribution is 0.396. The summed E-state index contributed by atoms with van der Waals surface area (Å²) in [6, 6.07) is 10.6. The molecule has 1 aromatic rings. The van der Waals surface area contributed by atoms with Gasteiger partial charge in [-0.3, -0.25) is 0 Å². The highest BCUT2D eigenvalue weighted by atomic mass is 79.9. The van der Waals surface area contributed by atoms with E-state index in [1.807, 2.05) is 19.9 Å². The molecule has 0 aliphatic heterocycles. The SMILES string of the molecule is CC(C)(C#N)CNCC(C)(C)c1ccccc1Br. The molecule has 0 aromatic heterocycles. The van der Waals surface area contributed by atoms with Gasteiger partial charge in [-0.1, -0.05) is 48.0 Å². The molecule has 0 aliphatic carbocycles. The predicted molar refractivity (Wildman–Crippen MR) is 79.4 cm³/mol. The van der Waals surface area contributed by atoms with Crippen LogP contribution < -0.4 is 5.32 Å². The highest BCUT2D eigenvalue weighted by Gasteiger charge is 2.24. The van der Waals surface area contributed by atoms with Crippen LogP contribution in [0.5, 0.6) is 0 Å². The Balaban J connectivity index is 2.67. The average molecular weight is 309 g/mol. The van der Waals surface area contributed by atoms with Crippen LogP contribution in [-0.4, -0.2) is 13.1 Å². The van der Waals surface area contributed by atoms with Crippen LogP contribution in [-0.2, 0) is 5.41 Å². The Hall–Kier alpha value is -0.850. The van der Waals surface area contributed by atoms with Gasteiger partial charge in [-0.25, -0.2) is 0 Å². The second-order valence-electron chi connectivity index (χ2n) is 5.96. The largest absolute Gasteiger partial charge is 0.314 e. The first-order valence-corrected chi connectivity index (χ1v) is 6.95. The van der Waals surface area contributed by atoms with E-state index < -0.39 is 0 Å². The summed E-state index contributed by atoms with van der Waals surface area (Å²) >= 11 is 3.60. The summed E-state index contributed by atoms with van der Waals surface area (Å²) < 4.78 is 1.14. The fourth-order valence-corrected chi connectivity index (χ4v) is 2.65. The van der Waals surface area contributed by atoms with Gasteiger partial charge in [-0.15, -0.1) is 0 Å². The number of hydrogen-bond donors (Lipinski definition) is 1. The van der Waals surface area contributed by atoms with Crippen LogP contribution in [0, 0.1) is 16.7 Å². The van der Waals surface area contributed by atoms with E-state index in [2.05, 4.69) is 59.4 Å². The lowest BCUT2D eigenvalue weighted by Gasteiger charge is -2.28. The molecule has 1 N–H and O–H groups in total. The molecule has 1 aromatic carbocycles. The predicted octanol–water partition coefficient (Wildman–Crippen LogP) is 3.87. The Morgan fingerprint density at radius 3 is 2.33 bits per heavy atom. The number of nitriles is 1. The highest BCUT2D eigenvalue weighted by Crippen LogP contribution is 2.29. The van der Waals surface area contributed by atoms with E-state index in [0.717, 1.165) is 11.0 Å². The van der Waals surface area contributed by atoms with Crippen LogP contribution in [0.1, 0.15) is 33.3 Å². The fourth-order valence-electron chi connectivity index (χ4n) is 1.83. The first-order chi connectivity index (χ1) is 8.28. The third-order valence-corrected chi connectivity index (χ3v) is 3.73. The summed E-state index contributed by atoms with van der Waals surface area (Å²) in [5.74, 6) is 0. The van der Waals surface area contributed by atoms with E-state index in [0.29, 0.717) is 6.54 Å². The zero-order chi connectivity index (χ0) is 13.8. The second kappa shape index (κ2) is 5.86. The van der Waals surface area contributed by atoms with E-state index in [1.54, 1.807) is 0 Å². The van der Waals surface area contributed by atoms with Crippen LogP contribution in [0.25, 0.3) is 0 Å². The molecule has 2 nitrogen and oxygen atoms in total. The first kappa shape index (κ1) is 15.2. The summed E-state index contributed by atoms with van der Waals surface area (Å²) in [5, 5.41) is 12.4. The standard InChI is InChI=1S/C15H21BrN2/c1-14(2,9-17)10-18-11-15(3,4)12-7-5-6-8-13(12)16/h5-8,18H,10-11H2,1-4H3. The van der Waals surface area contributed by atoms with E-state index in [4.69, 9.17) is 5.26 Å². The molecule has 0 amide bonds. The minimum absolute atomic E-state index is 0.0334. The fraction of sp³-hybridized carbons (Fsp3) is 0.533. The van der Waals surface area contributed by atoms with Gasteiger partial charge in [0.15, 0.2) is 0 Å². The molecule has 0 spiro atoms. The molecule has 98 valence electrons. The molecule has 0 saturated carbocycles. The molecule has 0 radical (unpaired) electrons. The smallest absolute Gasteiger partial charge is 0.0697 e. The molecule has 0 aliphatic rings. The van der Waals surface area contributed by atoms with E-state index in [9.17, 15) is 0 Å². The van der Waals surface area contributed by atoms with Crippen molar-refractivity contribution in [3.05, 3.63) is 34.3 Å². The van der Waals surface area contributed by atoms with Gasteiger partial charge in [0.1, 0.15) is 0 Å². The Kier molecular flexibility index (Phi) is 4.95. The Labute approximate surface area is 119 Å². The molecule has 0 bridgehead atoms. The van der Waals surface area contributed by atoms with Crippen molar-refractivity contribution in [2.24, 2.45) is 5.41 Å². The van der Waals surface area contributed by atoms with Crippen molar-refractivity contribution in [3.8, 4) is 6.07 Å². The summed E-state index contributed by atoms with van der Waals surface area (Å²) in [6.45, 7) is 9.87. The molecule has 0 saturated heterocycles. The van der Waals surface area contributed by atoms with Crippen molar-refractivity contribution in [1.82, 2.24) is 5.32 Å². The Bertz CT molecular complexity index is 444. The maximum Gasteiger partial charge on any atom is 0.0697 e.